The monoisotopic (exact) mass is 252 g/mol. The third-order valence-corrected chi connectivity index (χ3v) is 2.34. The second-order valence-corrected chi connectivity index (χ2v) is 4.33. The van der Waals surface area contributed by atoms with E-state index in [1.54, 1.807) is 19.4 Å². The second kappa shape index (κ2) is 7.08. The van der Waals surface area contributed by atoms with Crippen LogP contribution >= 0.6 is 0 Å². The Balaban J connectivity index is 2.73. The fraction of sp³-hybridized carbons (Fsp3) is 0.538. The van der Waals surface area contributed by atoms with E-state index in [0.717, 1.165) is 0 Å². The van der Waals surface area contributed by atoms with Gasteiger partial charge in [0.15, 0.2) is 5.78 Å². The van der Waals surface area contributed by atoms with E-state index < -0.39 is 6.04 Å². The van der Waals surface area contributed by atoms with Crippen LogP contribution in [-0.4, -0.2) is 36.6 Å². The van der Waals surface area contributed by atoms with Gasteiger partial charge in [-0.25, -0.2) is 0 Å². The van der Waals surface area contributed by atoms with Crippen LogP contribution in [0.2, 0.25) is 0 Å². The smallest absolute Gasteiger partial charge is 0.181 e. The van der Waals surface area contributed by atoms with Gasteiger partial charge in [0.2, 0.25) is 0 Å². The summed E-state index contributed by atoms with van der Waals surface area (Å²) < 4.78 is 10.4. The van der Waals surface area contributed by atoms with E-state index in [1.165, 1.54) is 6.20 Å². The maximum Gasteiger partial charge on any atom is 0.181 e. The highest BCUT2D eigenvalue weighted by atomic mass is 16.5. The molecule has 1 aromatic rings. The first-order valence-electron chi connectivity index (χ1n) is 5.95. The maximum atomic E-state index is 12.0. The average Bonchev–Trinajstić information content (AvgIpc) is 2.34. The van der Waals surface area contributed by atoms with Gasteiger partial charge in [0.1, 0.15) is 5.75 Å². The Hall–Kier alpha value is -1.46. The molecule has 0 aromatic carbocycles. The number of rotatable bonds is 7. The number of ether oxygens (including phenoxy) is 2. The molecule has 0 amide bonds. The molecule has 5 nitrogen and oxygen atoms in total. The number of carbonyl (C=O) groups excluding carboxylic acids is 1. The van der Waals surface area contributed by atoms with Crippen LogP contribution in [0, 0.1) is 0 Å². The van der Waals surface area contributed by atoms with Crippen molar-refractivity contribution in [2.45, 2.75) is 32.4 Å². The third kappa shape index (κ3) is 4.43. The Morgan fingerprint density at radius 1 is 1.44 bits per heavy atom. The van der Waals surface area contributed by atoms with Gasteiger partial charge < -0.3 is 15.2 Å². The Morgan fingerprint density at radius 2 is 2.17 bits per heavy atom. The number of Topliss-reactive ketones (excluding diaryl/α,β-unsaturated/α-hetero) is 1. The van der Waals surface area contributed by atoms with Crippen LogP contribution in [0.15, 0.2) is 18.5 Å². The molecule has 100 valence electrons. The van der Waals surface area contributed by atoms with Crippen molar-refractivity contribution >= 4 is 5.78 Å². The number of hydrogen-bond acceptors (Lipinski definition) is 5. The number of nitrogens with two attached hydrogens (primary N) is 1. The summed E-state index contributed by atoms with van der Waals surface area (Å²) in [4.78, 5) is 16.0. The molecule has 0 aliphatic heterocycles. The number of nitrogens with zero attached hydrogens (tertiary/aromatic N) is 1. The lowest BCUT2D eigenvalue weighted by molar-refractivity contribution is 0.0934. The summed E-state index contributed by atoms with van der Waals surface area (Å²) in [5.74, 6) is 0.434. The minimum atomic E-state index is -0.568. The van der Waals surface area contributed by atoms with Gasteiger partial charge in [0.25, 0.3) is 0 Å². The minimum Gasteiger partial charge on any atom is -0.489 e. The van der Waals surface area contributed by atoms with Crippen molar-refractivity contribution in [3.05, 3.63) is 24.0 Å². The van der Waals surface area contributed by atoms with Crippen LogP contribution in [0.25, 0.3) is 0 Å². The third-order valence-electron chi connectivity index (χ3n) is 2.34. The van der Waals surface area contributed by atoms with E-state index in [2.05, 4.69) is 4.98 Å². The summed E-state index contributed by atoms with van der Waals surface area (Å²) in [6.07, 6.45) is 3.61. The quantitative estimate of drug-likeness (QED) is 0.743. The highest BCUT2D eigenvalue weighted by molar-refractivity contribution is 5.99. The van der Waals surface area contributed by atoms with E-state index in [1.807, 2.05) is 13.8 Å². The zero-order valence-corrected chi connectivity index (χ0v) is 11.1. The Morgan fingerprint density at radius 3 is 2.78 bits per heavy atom. The van der Waals surface area contributed by atoms with Crippen molar-refractivity contribution in [1.82, 2.24) is 4.98 Å². The van der Waals surface area contributed by atoms with Gasteiger partial charge in [-0.15, -0.1) is 0 Å². The van der Waals surface area contributed by atoms with Crippen LogP contribution in [0.5, 0.6) is 5.75 Å². The van der Waals surface area contributed by atoms with Crippen molar-refractivity contribution in [3.8, 4) is 5.75 Å². The fourth-order valence-electron chi connectivity index (χ4n) is 1.48. The standard InChI is InChI=1S/C13H20N2O3/c1-9(2)18-11-6-10(7-15-8-11)13(16)12(14)4-5-17-3/h6-9,12H,4-5,14H2,1-3H3. The topological polar surface area (TPSA) is 74.4 Å². The van der Waals surface area contributed by atoms with Gasteiger partial charge in [-0.3, -0.25) is 9.78 Å². The zero-order valence-electron chi connectivity index (χ0n) is 11.1. The molecule has 1 aromatic heterocycles. The van der Waals surface area contributed by atoms with Gasteiger partial charge >= 0.3 is 0 Å². The molecule has 0 saturated carbocycles. The normalized spacial score (nSPS) is 12.5. The van der Waals surface area contributed by atoms with Crippen molar-refractivity contribution in [1.29, 1.82) is 0 Å². The molecule has 1 unspecified atom stereocenters. The molecule has 2 N–H and O–H groups in total. The number of aromatic nitrogens is 1. The highest BCUT2D eigenvalue weighted by Gasteiger charge is 2.16. The molecule has 0 bridgehead atoms. The second-order valence-electron chi connectivity index (χ2n) is 4.33. The summed E-state index contributed by atoms with van der Waals surface area (Å²) in [5.41, 5.74) is 6.26. The molecule has 1 atom stereocenters. The molecule has 0 spiro atoms. The Kier molecular flexibility index (Phi) is 5.74. The summed E-state index contributed by atoms with van der Waals surface area (Å²) in [7, 11) is 1.58. The maximum absolute atomic E-state index is 12.0. The predicted molar refractivity (Wildman–Crippen MR) is 68.8 cm³/mol. The van der Waals surface area contributed by atoms with E-state index in [-0.39, 0.29) is 11.9 Å². The molecule has 5 heteroatoms. The first kappa shape index (κ1) is 14.6. The molecule has 0 radical (unpaired) electrons. The fourth-order valence-corrected chi connectivity index (χ4v) is 1.48. The van der Waals surface area contributed by atoms with Crippen LogP contribution in [0.3, 0.4) is 0 Å². The van der Waals surface area contributed by atoms with Crippen molar-refractivity contribution < 1.29 is 14.3 Å². The van der Waals surface area contributed by atoms with Crippen molar-refractivity contribution in [2.75, 3.05) is 13.7 Å². The van der Waals surface area contributed by atoms with Gasteiger partial charge in [-0.2, -0.15) is 0 Å². The first-order valence-corrected chi connectivity index (χ1v) is 5.95. The summed E-state index contributed by atoms with van der Waals surface area (Å²) in [6, 6.07) is 1.10. The van der Waals surface area contributed by atoms with E-state index in [0.29, 0.717) is 24.3 Å². The minimum absolute atomic E-state index is 0.0410. The lowest BCUT2D eigenvalue weighted by Gasteiger charge is -2.12. The molecule has 0 aliphatic rings. The van der Waals surface area contributed by atoms with Gasteiger partial charge in [0, 0.05) is 25.5 Å². The van der Waals surface area contributed by atoms with Gasteiger partial charge in [0.05, 0.1) is 18.3 Å². The van der Waals surface area contributed by atoms with E-state index in [4.69, 9.17) is 15.2 Å². The first-order chi connectivity index (χ1) is 8.54. The summed E-state index contributed by atoms with van der Waals surface area (Å²) in [6.45, 7) is 4.29. The number of pyridine rings is 1. The van der Waals surface area contributed by atoms with E-state index in [9.17, 15) is 4.79 Å². The van der Waals surface area contributed by atoms with Crippen molar-refractivity contribution in [2.24, 2.45) is 5.73 Å². The molecule has 18 heavy (non-hydrogen) atoms. The summed E-state index contributed by atoms with van der Waals surface area (Å²) >= 11 is 0. The largest absolute Gasteiger partial charge is 0.489 e. The molecular formula is C13H20N2O3. The molecule has 0 fully saturated rings. The summed E-state index contributed by atoms with van der Waals surface area (Å²) in [5, 5.41) is 0. The van der Waals surface area contributed by atoms with Gasteiger partial charge in [-0.1, -0.05) is 0 Å². The lowest BCUT2D eigenvalue weighted by Crippen LogP contribution is -2.31. The van der Waals surface area contributed by atoms with E-state index >= 15 is 0 Å². The zero-order chi connectivity index (χ0) is 13.5. The van der Waals surface area contributed by atoms with Crippen LogP contribution in [-0.2, 0) is 4.74 Å². The molecule has 1 rings (SSSR count). The predicted octanol–water partition coefficient (Wildman–Crippen LogP) is 1.42. The number of methoxy groups -OCH3 is 1. The van der Waals surface area contributed by atoms with Crippen LogP contribution in [0.1, 0.15) is 30.6 Å². The number of carbonyl (C=O) groups is 1. The lowest BCUT2D eigenvalue weighted by atomic mass is 10.0. The number of hydrogen-bond donors (Lipinski definition) is 1. The van der Waals surface area contributed by atoms with Gasteiger partial charge in [-0.05, 0) is 26.3 Å². The SMILES string of the molecule is COCCC(N)C(=O)c1cncc(OC(C)C)c1. The van der Waals surface area contributed by atoms with Crippen LogP contribution in [0.4, 0.5) is 0 Å². The molecule has 0 saturated heterocycles. The highest BCUT2D eigenvalue weighted by Crippen LogP contribution is 2.14. The Bertz CT molecular complexity index is 394. The molecular weight excluding hydrogens is 232 g/mol. The Labute approximate surface area is 107 Å². The molecule has 1 heterocycles. The average molecular weight is 252 g/mol. The number of ketones is 1. The van der Waals surface area contributed by atoms with Crippen LogP contribution < -0.4 is 10.5 Å². The van der Waals surface area contributed by atoms with Crippen molar-refractivity contribution in [3.63, 3.8) is 0 Å². The molecule has 0 aliphatic carbocycles.